The highest BCUT2D eigenvalue weighted by atomic mass is 16.6. The SMILES string of the molecule is COc1cc(NC(=O)CN2CCC(C(N)=O)CC2)c(C)cc1[N+](=O)[O-]. The molecule has 0 radical (unpaired) electrons. The molecule has 0 bridgehead atoms. The quantitative estimate of drug-likeness (QED) is 0.583. The highest BCUT2D eigenvalue weighted by Crippen LogP contribution is 2.32. The van der Waals surface area contributed by atoms with Gasteiger partial charge in [-0.1, -0.05) is 0 Å². The van der Waals surface area contributed by atoms with Crippen LogP contribution < -0.4 is 15.8 Å². The number of carbonyl (C=O) groups is 2. The van der Waals surface area contributed by atoms with Crippen molar-refractivity contribution in [3.05, 3.63) is 27.8 Å². The predicted molar refractivity (Wildman–Crippen MR) is 91.4 cm³/mol. The van der Waals surface area contributed by atoms with Crippen LogP contribution in [0.25, 0.3) is 0 Å². The van der Waals surface area contributed by atoms with Crippen LogP contribution in [0.1, 0.15) is 18.4 Å². The zero-order chi connectivity index (χ0) is 18.6. The number of nitrogens with two attached hydrogens (primary N) is 1. The molecule has 9 heteroatoms. The van der Waals surface area contributed by atoms with Gasteiger partial charge < -0.3 is 15.8 Å². The van der Waals surface area contributed by atoms with Gasteiger partial charge in [0, 0.05) is 23.7 Å². The maximum Gasteiger partial charge on any atom is 0.311 e. The molecule has 1 aliphatic heterocycles. The van der Waals surface area contributed by atoms with Gasteiger partial charge in [0.05, 0.1) is 18.6 Å². The number of carbonyl (C=O) groups excluding carboxylic acids is 2. The van der Waals surface area contributed by atoms with Gasteiger partial charge in [-0.3, -0.25) is 24.6 Å². The second-order valence-electron chi connectivity index (χ2n) is 6.10. The van der Waals surface area contributed by atoms with Crippen LogP contribution in [0.15, 0.2) is 12.1 Å². The van der Waals surface area contributed by atoms with Crippen LogP contribution >= 0.6 is 0 Å². The first-order valence-electron chi connectivity index (χ1n) is 7.96. The minimum Gasteiger partial charge on any atom is -0.490 e. The Balaban J connectivity index is 1.99. The summed E-state index contributed by atoms with van der Waals surface area (Å²) in [4.78, 5) is 35.8. The van der Waals surface area contributed by atoms with E-state index in [0.29, 0.717) is 37.2 Å². The van der Waals surface area contributed by atoms with E-state index in [2.05, 4.69) is 5.32 Å². The molecule has 0 saturated carbocycles. The molecule has 1 aliphatic rings. The number of nitro groups is 1. The zero-order valence-corrected chi connectivity index (χ0v) is 14.3. The monoisotopic (exact) mass is 350 g/mol. The van der Waals surface area contributed by atoms with Crippen LogP contribution in [0.2, 0.25) is 0 Å². The third-order valence-electron chi connectivity index (χ3n) is 4.35. The Morgan fingerprint density at radius 2 is 2.04 bits per heavy atom. The lowest BCUT2D eigenvalue weighted by Crippen LogP contribution is -2.42. The summed E-state index contributed by atoms with van der Waals surface area (Å²) in [5, 5.41) is 13.8. The van der Waals surface area contributed by atoms with Crippen molar-refractivity contribution in [3.63, 3.8) is 0 Å². The average molecular weight is 350 g/mol. The largest absolute Gasteiger partial charge is 0.490 e. The summed E-state index contributed by atoms with van der Waals surface area (Å²) < 4.78 is 5.02. The van der Waals surface area contributed by atoms with Gasteiger partial charge in [0.15, 0.2) is 5.75 Å². The lowest BCUT2D eigenvalue weighted by atomic mass is 9.96. The molecule has 2 amide bonds. The standard InChI is InChI=1S/C16H22N4O5/c1-10-7-13(20(23)24)14(25-2)8-12(10)18-15(21)9-19-5-3-11(4-6-19)16(17)22/h7-8,11H,3-6,9H2,1-2H3,(H2,17,22)(H,18,21). The number of nitrogens with zero attached hydrogens (tertiary/aromatic N) is 2. The number of methoxy groups -OCH3 is 1. The fraction of sp³-hybridized carbons (Fsp3) is 0.500. The minimum atomic E-state index is -0.527. The van der Waals surface area contributed by atoms with Crippen LogP contribution in [0.3, 0.4) is 0 Å². The number of aryl methyl sites for hydroxylation is 1. The molecule has 3 N–H and O–H groups in total. The number of benzene rings is 1. The number of piperidine rings is 1. The van der Waals surface area contributed by atoms with Gasteiger partial charge in [-0.05, 0) is 38.4 Å². The van der Waals surface area contributed by atoms with E-state index < -0.39 is 4.92 Å². The van der Waals surface area contributed by atoms with Crippen LogP contribution in [0.5, 0.6) is 5.75 Å². The predicted octanol–water partition coefficient (Wildman–Crippen LogP) is 1.05. The van der Waals surface area contributed by atoms with Gasteiger partial charge in [0.1, 0.15) is 0 Å². The van der Waals surface area contributed by atoms with Crippen molar-refractivity contribution < 1.29 is 19.2 Å². The summed E-state index contributed by atoms with van der Waals surface area (Å²) in [6, 6.07) is 2.82. The number of hydrogen-bond acceptors (Lipinski definition) is 6. The number of hydrogen-bond donors (Lipinski definition) is 2. The van der Waals surface area contributed by atoms with Gasteiger partial charge in [0.2, 0.25) is 11.8 Å². The highest BCUT2D eigenvalue weighted by molar-refractivity contribution is 5.93. The first kappa shape index (κ1) is 18.7. The zero-order valence-electron chi connectivity index (χ0n) is 14.3. The number of ether oxygens (including phenoxy) is 1. The number of likely N-dealkylation sites (tertiary alicyclic amines) is 1. The Labute approximate surface area is 145 Å². The average Bonchev–Trinajstić information content (AvgIpc) is 2.56. The first-order valence-corrected chi connectivity index (χ1v) is 7.96. The van der Waals surface area contributed by atoms with Crippen molar-refractivity contribution in [1.29, 1.82) is 0 Å². The summed E-state index contributed by atoms with van der Waals surface area (Å²) in [5.74, 6) is -0.553. The lowest BCUT2D eigenvalue weighted by molar-refractivity contribution is -0.385. The molecule has 25 heavy (non-hydrogen) atoms. The highest BCUT2D eigenvalue weighted by Gasteiger charge is 2.24. The van der Waals surface area contributed by atoms with Crippen molar-refractivity contribution in [2.24, 2.45) is 11.7 Å². The van der Waals surface area contributed by atoms with Gasteiger partial charge in [-0.2, -0.15) is 0 Å². The molecule has 0 spiro atoms. The summed E-state index contributed by atoms with van der Waals surface area (Å²) in [5.41, 5.74) is 6.20. The van der Waals surface area contributed by atoms with E-state index in [0.717, 1.165) is 0 Å². The maximum absolute atomic E-state index is 12.2. The second kappa shape index (κ2) is 7.93. The normalized spacial score (nSPS) is 15.6. The third kappa shape index (κ3) is 4.66. The van der Waals surface area contributed by atoms with Crippen molar-refractivity contribution in [2.45, 2.75) is 19.8 Å². The number of anilines is 1. The smallest absolute Gasteiger partial charge is 0.311 e. The van der Waals surface area contributed by atoms with Gasteiger partial charge in [-0.25, -0.2) is 0 Å². The molecule has 0 aliphatic carbocycles. The molecule has 1 saturated heterocycles. The van der Waals surface area contributed by atoms with Crippen LogP contribution in [0, 0.1) is 23.0 Å². The number of amides is 2. The second-order valence-corrected chi connectivity index (χ2v) is 6.10. The lowest BCUT2D eigenvalue weighted by Gasteiger charge is -2.29. The van der Waals surface area contributed by atoms with E-state index in [-0.39, 0.29) is 35.7 Å². The Morgan fingerprint density at radius 3 is 2.56 bits per heavy atom. The van der Waals surface area contributed by atoms with Crippen LogP contribution in [0.4, 0.5) is 11.4 Å². The van der Waals surface area contributed by atoms with Gasteiger partial charge in [-0.15, -0.1) is 0 Å². The van der Waals surface area contributed by atoms with E-state index >= 15 is 0 Å². The van der Waals surface area contributed by atoms with Crippen molar-refractivity contribution in [1.82, 2.24) is 4.90 Å². The van der Waals surface area contributed by atoms with Gasteiger partial charge >= 0.3 is 5.69 Å². The maximum atomic E-state index is 12.2. The minimum absolute atomic E-state index is 0.0909. The molecule has 0 aromatic heterocycles. The molecule has 0 atom stereocenters. The fourth-order valence-electron chi connectivity index (χ4n) is 2.88. The third-order valence-corrected chi connectivity index (χ3v) is 4.35. The van der Waals surface area contributed by atoms with Gasteiger partial charge in [0.25, 0.3) is 0 Å². The van der Waals surface area contributed by atoms with E-state index in [9.17, 15) is 19.7 Å². The first-order chi connectivity index (χ1) is 11.8. The van der Waals surface area contributed by atoms with Crippen molar-refractivity contribution >= 4 is 23.2 Å². The van der Waals surface area contributed by atoms with Crippen molar-refractivity contribution in [3.8, 4) is 5.75 Å². The summed E-state index contributed by atoms with van der Waals surface area (Å²) in [6.07, 6.45) is 1.29. The molecule has 2 rings (SSSR count). The molecule has 0 unspecified atom stereocenters. The Morgan fingerprint density at radius 1 is 1.40 bits per heavy atom. The molecule has 1 aromatic rings. The van der Waals surface area contributed by atoms with E-state index in [1.807, 2.05) is 4.90 Å². The summed E-state index contributed by atoms with van der Waals surface area (Å²) >= 11 is 0. The number of primary amides is 1. The number of nitro benzene ring substituents is 1. The number of nitrogens with one attached hydrogen (secondary N) is 1. The molecule has 136 valence electrons. The Hall–Kier alpha value is -2.68. The molecule has 1 aromatic carbocycles. The van der Waals surface area contributed by atoms with Crippen LogP contribution in [-0.2, 0) is 9.59 Å². The van der Waals surface area contributed by atoms with E-state index in [4.69, 9.17) is 10.5 Å². The molecular weight excluding hydrogens is 328 g/mol. The van der Waals surface area contributed by atoms with Crippen LogP contribution in [-0.4, -0.2) is 48.4 Å². The fourth-order valence-corrected chi connectivity index (χ4v) is 2.88. The molecule has 1 heterocycles. The van der Waals surface area contributed by atoms with E-state index in [1.54, 1.807) is 6.92 Å². The Kier molecular flexibility index (Phi) is 5.92. The molecule has 1 fully saturated rings. The molecular formula is C16H22N4O5. The molecule has 9 nitrogen and oxygen atoms in total. The van der Waals surface area contributed by atoms with E-state index in [1.165, 1.54) is 19.2 Å². The Bertz CT molecular complexity index is 683. The van der Waals surface area contributed by atoms with Crippen molar-refractivity contribution in [2.75, 3.05) is 32.1 Å². The summed E-state index contributed by atoms with van der Waals surface area (Å²) in [7, 11) is 1.34. The summed E-state index contributed by atoms with van der Waals surface area (Å²) in [6.45, 7) is 3.12. The number of rotatable bonds is 6. The topological polar surface area (TPSA) is 128 Å².